The van der Waals surface area contributed by atoms with Gasteiger partial charge in [-0.1, -0.05) is 26.7 Å². The number of sulfonamides is 1. The number of hydrogen-bond donors (Lipinski definition) is 3. The summed E-state index contributed by atoms with van der Waals surface area (Å²) >= 11 is 5.26. The van der Waals surface area contributed by atoms with Crippen LogP contribution < -0.4 is 15.8 Å². The number of rotatable bonds is 7. The second kappa shape index (κ2) is 8.45. The standard InChI is InChI=1S/C15H25N3O2S2/c1-11(2)5-4-6-12(3)17-15(21)18-13-7-9-14(10-8-13)22(16,19)20/h7-12H,4-6H2,1-3H3,(H2,16,19,20)(H2,17,18,21)/t12-/m1/s1. The molecule has 1 atom stereocenters. The maximum atomic E-state index is 11.2. The van der Waals surface area contributed by atoms with E-state index in [1.54, 1.807) is 12.1 Å². The first-order valence-electron chi connectivity index (χ1n) is 7.39. The summed E-state index contributed by atoms with van der Waals surface area (Å²) in [6.07, 6.45) is 3.43. The van der Waals surface area contributed by atoms with Crippen LogP contribution in [0.1, 0.15) is 40.0 Å². The molecule has 1 rings (SSSR count). The molecule has 0 saturated carbocycles. The number of primary sulfonamides is 1. The van der Waals surface area contributed by atoms with Crippen LogP contribution in [0.3, 0.4) is 0 Å². The van der Waals surface area contributed by atoms with Gasteiger partial charge in [-0.25, -0.2) is 13.6 Å². The summed E-state index contributed by atoms with van der Waals surface area (Å²) < 4.78 is 22.4. The minimum atomic E-state index is -3.66. The van der Waals surface area contributed by atoms with Crippen molar-refractivity contribution in [2.75, 3.05) is 5.32 Å². The number of hydrogen-bond acceptors (Lipinski definition) is 3. The fraction of sp³-hybridized carbons (Fsp3) is 0.533. The molecule has 7 heteroatoms. The van der Waals surface area contributed by atoms with Gasteiger partial charge in [0.25, 0.3) is 0 Å². The Kier molecular flexibility index (Phi) is 7.25. The van der Waals surface area contributed by atoms with Gasteiger partial charge in [0.2, 0.25) is 10.0 Å². The molecule has 0 unspecified atom stereocenters. The topological polar surface area (TPSA) is 84.2 Å². The van der Waals surface area contributed by atoms with E-state index in [1.807, 2.05) is 0 Å². The smallest absolute Gasteiger partial charge is 0.238 e. The lowest BCUT2D eigenvalue weighted by Crippen LogP contribution is -2.35. The average molecular weight is 344 g/mol. The van der Waals surface area contributed by atoms with E-state index in [1.165, 1.54) is 18.6 Å². The summed E-state index contributed by atoms with van der Waals surface area (Å²) in [4.78, 5) is 0.0824. The van der Waals surface area contributed by atoms with Crippen LogP contribution in [-0.2, 0) is 10.0 Å². The van der Waals surface area contributed by atoms with Crippen LogP contribution >= 0.6 is 12.2 Å². The van der Waals surface area contributed by atoms with Gasteiger partial charge in [0, 0.05) is 11.7 Å². The van der Waals surface area contributed by atoms with Gasteiger partial charge in [0.1, 0.15) is 0 Å². The fourth-order valence-electron chi connectivity index (χ4n) is 2.02. The predicted molar refractivity (Wildman–Crippen MR) is 95.3 cm³/mol. The number of anilines is 1. The minimum Gasteiger partial charge on any atom is -0.360 e. The van der Waals surface area contributed by atoms with Crippen LogP contribution in [0.15, 0.2) is 29.2 Å². The van der Waals surface area contributed by atoms with E-state index in [0.29, 0.717) is 11.2 Å². The number of thiocarbonyl (C=S) groups is 1. The normalized spacial score (nSPS) is 13.0. The largest absolute Gasteiger partial charge is 0.360 e. The second-order valence-electron chi connectivity index (χ2n) is 5.89. The Labute approximate surface area is 138 Å². The zero-order chi connectivity index (χ0) is 16.8. The lowest BCUT2D eigenvalue weighted by Gasteiger charge is -2.17. The zero-order valence-corrected chi connectivity index (χ0v) is 14.9. The Balaban J connectivity index is 2.45. The molecule has 5 nitrogen and oxygen atoms in total. The third-order valence-corrected chi connectivity index (χ3v) is 4.39. The maximum absolute atomic E-state index is 11.2. The van der Waals surface area contributed by atoms with Gasteiger partial charge >= 0.3 is 0 Å². The highest BCUT2D eigenvalue weighted by Gasteiger charge is 2.08. The molecule has 0 aliphatic heterocycles. The first kappa shape index (κ1) is 18.9. The Morgan fingerprint density at radius 3 is 2.27 bits per heavy atom. The first-order chi connectivity index (χ1) is 10.2. The molecule has 4 N–H and O–H groups in total. The van der Waals surface area contributed by atoms with Gasteiger partial charge in [-0.05, 0) is 55.7 Å². The second-order valence-corrected chi connectivity index (χ2v) is 7.86. The third-order valence-electron chi connectivity index (χ3n) is 3.24. The van der Waals surface area contributed by atoms with E-state index in [9.17, 15) is 8.42 Å². The minimum absolute atomic E-state index is 0.0824. The van der Waals surface area contributed by atoms with Crippen molar-refractivity contribution >= 4 is 33.0 Å². The van der Waals surface area contributed by atoms with Crippen molar-refractivity contribution in [3.8, 4) is 0 Å². The van der Waals surface area contributed by atoms with E-state index < -0.39 is 10.0 Å². The fourth-order valence-corrected chi connectivity index (χ4v) is 2.86. The van der Waals surface area contributed by atoms with E-state index in [2.05, 4.69) is 31.4 Å². The lowest BCUT2D eigenvalue weighted by molar-refractivity contribution is 0.495. The quantitative estimate of drug-likeness (QED) is 0.663. The van der Waals surface area contributed by atoms with Crippen molar-refractivity contribution in [1.29, 1.82) is 0 Å². The van der Waals surface area contributed by atoms with Crippen LogP contribution in [0.4, 0.5) is 5.69 Å². The number of benzene rings is 1. The number of nitrogens with one attached hydrogen (secondary N) is 2. The third kappa shape index (κ3) is 7.20. The van der Waals surface area contributed by atoms with Crippen molar-refractivity contribution in [2.24, 2.45) is 11.1 Å². The SMILES string of the molecule is CC(C)CCC[C@@H](C)NC(=S)Nc1ccc(S(N)(=O)=O)cc1. The molecule has 0 radical (unpaired) electrons. The van der Waals surface area contributed by atoms with Crippen molar-refractivity contribution < 1.29 is 8.42 Å². The van der Waals surface area contributed by atoms with Gasteiger partial charge < -0.3 is 10.6 Å². The van der Waals surface area contributed by atoms with E-state index >= 15 is 0 Å². The summed E-state index contributed by atoms with van der Waals surface area (Å²) in [5.41, 5.74) is 0.722. The molecule has 0 aliphatic rings. The molecule has 0 bridgehead atoms. The molecule has 0 fully saturated rings. The van der Waals surface area contributed by atoms with Crippen molar-refractivity contribution in [3.63, 3.8) is 0 Å². The van der Waals surface area contributed by atoms with Gasteiger partial charge in [-0.15, -0.1) is 0 Å². The molecule has 124 valence electrons. The number of nitrogens with two attached hydrogens (primary N) is 1. The molecule has 0 spiro atoms. The summed E-state index contributed by atoms with van der Waals surface area (Å²) in [5.74, 6) is 0.717. The molecule has 0 amide bonds. The molecular formula is C15H25N3O2S2. The van der Waals surface area contributed by atoms with Gasteiger partial charge in [0.05, 0.1) is 4.90 Å². The Morgan fingerprint density at radius 2 is 1.77 bits per heavy atom. The molecule has 1 aromatic carbocycles. The molecular weight excluding hydrogens is 318 g/mol. The average Bonchev–Trinajstić information content (AvgIpc) is 2.37. The highest BCUT2D eigenvalue weighted by molar-refractivity contribution is 7.89. The van der Waals surface area contributed by atoms with Crippen molar-refractivity contribution in [2.45, 2.75) is 51.0 Å². The summed E-state index contributed by atoms with van der Waals surface area (Å²) in [5, 5.41) is 11.8. The molecule has 22 heavy (non-hydrogen) atoms. The molecule has 0 heterocycles. The monoisotopic (exact) mass is 343 g/mol. The molecule has 1 aromatic rings. The van der Waals surface area contributed by atoms with Gasteiger partial charge in [0.15, 0.2) is 5.11 Å². The molecule has 0 aliphatic carbocycles. The summed E-state index contributed by atoms with van der Waals surface area (Å²) in [6.45, 7) is 6.53. The molecule has 0 aromatic heterocycles. The summed E-state index contributed by atoms with van der Waals surface area (Å²) in [7, 11) is -3.66. The maximum Gasteiger partial charge on any atom is 0.238 e. The molecule has 0 saturated heterocycles. The van der Waals surface area contributed by atoms with Crippen LogP contribution in [0.25, 0.3) is 0 Å². The van der Waals surface area contributed by atoms with Crippen molar-refractivity contribution in [3.05, 3.63) is 24.3 Å². The van der Waals surface area contributed by atoms with E-state index in [-0.39, 0.29) is 4.90 Å². The van der Waals surface area contributed by atoms with E-state index in [4.69, 9.17) is 17.4 Å². The van der Waals surface area contributed by atoms with E-state index in [0.717, 1.165) is 24.4 Å². The van der Waals surface area contributed by atoms with Crippen molar-refractivity contribution in [1.82, 2.24) is 5.32 Å². The van der Waals surface area contributed by atoms with Crippen LogP contribution in [-0.4, -0.2) is 19.6 Å². The highest BCUT2D eigenvalue weighted by atomic mass is 32.2. The predicted octanol–water partition coefficient (Wildman–Crippen LogP) is 2.84. The van der Waals surface area contributed by atoms with Crippen LogP contribution in [0.5, 0.6) is 0 Å². The Morgan fingerprint density at radius 1 is 1.18 bits per heavy atom. The Bertz CT molecular complexity index is 583. The van der Waals surface area contributed by atoms with Gasteiger partial charge in [-0.3, -0.25) is 0 Å². The van der Waals surface area contributed by atoms with Crippen LogP contribution in [0, 0.1) is 5.92 Å². The summed E-state index contributed by atoms with van der Waals surface area (Å²) in [6, 6.07) is 6.47. The van der Waals surface area contributed by atoms with Crippen LogP contribution in [0.2, 0.25) is 0 Å². The van der Waals surface area contributed by atoms with Gasteiger partial charge in [-0.2, -0.15) is 0 Å². The highest BCUT2D eigenvalue weighted by Crippen LogP contribution is 2.13. The Hall–Kier alpha value is -1.18. The first-order valence-corrected chi connectivity index (χ1v) is 9.34. The zero-order valence-electron chi connectivity index (χ0n) is 13.3. The lowest BCUT2D eigenvalue weighted by atomic mass is 10.0.